The van der Waals surface area contributed by atoms with E-state index in [1.165, 1.54) is 13.2 Å². The number of morpholine rings is 1. The van der Waals surface area contributed by atoms with Crippen molar-refractivity contribution in [2.75, 3.05) is 33.4 Å². The molecule has 19 heavy (non-hydrogen) atoms. The molecule has 1 aliphatic rings. The number of rotatable bonds is 5. The summed E-state index contributed by atoms with van der Waals surface area (Å²) in [6.07, 6.45) is 0. The second-order valence-electron chi connectivity index (χ2n) is 4.25. The number of hydrogen-bond acceptors (Lipinski definition) is 4. The number of nitrogens with zero attached hydrogens (tertiary/aromatic N) is 1. The molecular formula is C13H17F2NO3. The number of halogens is 2. The van der Waals surface area contributed by atoms with Gasteiger partial charge in [0.2, 0.25) is 0 Å². The van der Waals surface area contributed by atoms with E-state index in [9.17, 15) is 8.78 Å². The highest BCUT2D eigenvalue weighted by molar-refractivity contribution is 5.43. The molecule has 0 amide bonds. The van der Waals surface area contributed by atoms with Crippen molar-refractivity contribution >= 4 is 0 Å². The number of methoxy groups -OCH3 is 1. The van der Waals surface area contributed by atoms with Crippen LogP contribution in [0.3, 0.4) is 0 Å². The summed E-state index contributed by atoms with van der Waals surface area (Å²) >= 11 is 0. The first-order chi connectivity index (χ1) is 9.19. The predicted molar refractivity (Wildman–Crippen MR) is 65.7 cm³/mol. The monoisotopic (exact) mass is 273 g/mol. The summed E-state index contributed by atoms with van der Waals surface area (Å²) < 4.78 is 39.2. The Bertz CT molecular complexity index is 409. The van der Waals surface area contributed by atoms with Gasteiger partial charge in [0.25, 0.3) is 0 Å². The summed E-state index contributed by atoms with van der Waals surface area (Å²) in [7, 11) is 1.44. The Morgan fingerprint density at radius 1 is 1.26 bits per heavy atom. The Labute approximate surface area is 110 Å². The summed E-state index contributed by atoms with van der Waals surface area (Å²) in [5.41, 5.74) is 1.00. The molecule has 1 aromatic carbocycles. The number of hydrogen-bond donors (Lipinski definition) is 0. The standard InChI is InChI=1S/C13H17F2NO3/c1-17-12-8-10(2-3-11(12)19-13(14)15)9-16-4-6-18-7-5-16/h2-3,8,13H,4-7,9H2,1H3. The largest absolute Gasteiger partial charge is 0.493 e. The Balaban J connectivity index is 2.05. The van der Waals surface area contributed by atoms with Crippen LogP contribution in [0.5, 0.6) is 11.5 Å². The minimum Gasteiger partial charge on any atom is -0.493 e. The Kier molecular flexibility index (Phi) is 4.93. The third kappa shape index (κ3) is 4.04. The van der Waals surface area contributed by atoms with Crippen LogP contribution in [-0.4, -0.2) is 44.9 Å². The van der Waals surface area contributed by atoms with E-state index in [0.29, 0.717) is 5.75 Å². The molecule has 4 nitrogen and oxygen atoms in total. The Morgan fingerprint density at radius 3 is 2.63 bits per heavy atom. The van der Waals surface area contributed by atoms with Crippen molar-refractivity contribution in [3.05, 3.63) is 23.8 Å². The van der Waals surface area contributed by atoms with Gasteiger partial charge in [0, 0.05) is 19.6 Å². The quantitative estimate of drug-likeness (QED) is 0.822. The molecule has 0 atom stereocenters. The fourth-order valence-electron chi connectivity index (χ4n) is 2.02. The number of alkyl halides is 2. The van der Waals surface area contributed by atoms with Gasteiger partial charge in [0.1, 0.15) is 0 Å². The lowest BCUT2D eigenvalue weighted by Gasteiger charge is -2.26. The lowest BCUT2D eigenvalue weighted by molar-refractivity contribution is -0.0512. The molecule has 0 unspecified atom stereocenters. The Morgan fingerprint density at radius 2 is 2.00 bits per heavy atom. The van der Waals surface area contributed by atoms with Gasteiger partial charge in [-0.05, 0) is 17.7 Å². The van der Waals surface area contributed by atoms with E-state index < -0.39 is 6.61 Å². The van der Waals surface area contributed by atoms with Gasteiger partial charge in [-0.1, -0.05) is 6.07 Å². The van der Waals surface area contributed by atoms with Crippen molar-refractivity contribution in [1.82, 2.24) is 4.90 Å². The van der Waals surface area contributed by atoms with Gasteiger partial charge in [-0.25, -0.2) is 0 Å². The third-order valence-electron chi connectivity index (χ3n) is 2.95. The van der Waals surface area contributed by atoms with Crippen LogP contribution in [0.2, 0.25) is 0 Å². The maximum absolute atomic E-state index is 12.2. The third-order valence-corrected chi connectivity index (χ3v) is 2.95. The molecule has 1 fully saturated rings. The van der Waals surface area contributed by atoms with E-state index in [4.69, 9.17) is 9.47 Å². The highest BCUT2D eigenvalue weighted by Crippen LogP contribution is 2.29. The average Bonchev–Trinajstić information content (AvgIpc) is 2.41. The van der Waals surface area contributed by atoms with Crippen LogP contribution in [0.4, 0.5) is 8.78 Å². The van der Waals surface area contributed by atoms with Crippen LogP contribution in [0.25, 0.3) is 0 Å². The molecule has 1 aromatic rings. The van der Waals surface area contributed by atoms with Gasteiger partial charge in [-0.2, -0.15) is 8.78 Å². The average molecular weight is 273 g/mol. The summed E-state index contributed by atoms with van der Waals surface area (Å²) in [5.74, 6) is 0.384. The summed E-state index contributed by atoms with van der Waals surface area (Å²) in [6.45, 7) is 1.09. The Hall–Kier alpha value is -1.40. The van der Waals surface area contributed by atoms with Gasteiger partial charge in [-0.3, -0.25) is 4.90 Å². The SMILES string of the molecule is COc1cc(CN2CCOCC2)ccc1OC(F)F. The molecule has 0 N–H and O–H groups in total. The molecule has 0 saturated carbocycles. The second kappa shape index (κ2) is 6.68. The number of ether oxygens (including phenoxy) is 3. The first-order valence-corrected chi connectivity index (χ1v) is 6.11. The van der Waals surface area contributed by atoms with Gasteiger partial charge >= 0.3 is 6.61 Å². The van der Waals surface area contributed by atoms with E-state index >= 15 is 0 Å². The molecule has 2 rings (SSSR count). The highest BCUT2D eigenvalue weighted by Gasteiger charge is 2.14. The predicted octanol–water partition coefficient (Wildman–Crippen LogP) is 2.13. The zero-order valence-electron chi connectivity index (χ0n) is 10.8. The van der Waals surface area contributed by atoms with Crippen LogP contribution in [0, 0.1) is 0 Å². The molecule has 106 valence electrons. The van der Waals surface area contributed by atoms with E-state index in [1.54, 1.807) is 12.1 Å². The molecule has 0 aromatic heterocycles. The topological polar surface area (TPSA) is 30.9 Å². The van der Waals surface area contributed by atoms with Crippen molar-refractivity contribution in [2.24, 2.45) is 0 Å². The van der Waals surface area contributed by atoms with Crippen molar-refractivity contribution in [1.29, 1.82) is 0 Å². The van der Waals surface area contributed by atoms with Crippen molar-refractivity contribution < 1.29 is 23.0 Å². The van der Waals surface area contributed by atoms with Crippen LogP contribution >= 0.6 is 0 Å². The minimum absolute atomic E-state index is 0.0585. The van der Waals surface area contributed by atoms with Gasteiger partial charge < -0.3 is 14.2 Å². The zero-order chi connectivity index (χ0) is 13.7. The van der Waals surface area contributed by atoms with E-state index in [0.717, 1.165) is 38.4 Å². The minimum atomic E-state index is -2.85. The highest BCUT2D eigenvalue weighted by atomic mass is 19.3. The van der Waals surface area contributed by atoms with Gasteiger partial charge in [0.05, 0.1) is 20.3 Å². The molecule has 1 heterocycles. The maximum atomic E-state index is 12.2. The maximum Gasteiger partial charge on any atom is 0.387 e. The van der Waals surface area contributed by atoms with Crippen molar-refractivity contribution in [3.63, 3.8) is 0 Å². The van der Waals surface area contributed by atoms with Crippen molar-refractivity contribution in [3.8, 4) is 11.5 Å². The van der Waals surface area contributed by atoms with Crippen LogP contribution < -0.4 is 9.47 Å². The molecule has 1 saturated heterocycles. The normalized spacial score (nSPS) is 16.6. The summed E-state index contributed by atoms with van der Waals surface area (Å²) in [6, 6.07) is 5.02. The fourth-order valence-corrected chi connectivity index (χ4v) is 2.02. The lowest BCUT2D eigenvalue weighted by atomic mass is 10.2. The van der Waals surface area contributed by atoms with Crippen LogP contribution in [0.1, 0.15) is 5.56 Å². The van der Waals surface area contributed by atoms with E-state index in [2.05, 4.69) is 9.64 Å². The zero-order valence-corrected chi connectivity index (χ0v) is 10.8. The first-order valence-electron chi connectivity index (χ1n) is 6.11. The van der Waals surface area contributed by atoms with Crippen molar-refractivity contribution in [2.45, 2.75) is 13.2 Å². The smallest absolute Gasteiger partial charge is 0.387 e. The molecule has 0 radical (unpaired) electrons. The molecule has 6 heteroatoms. The molecule has 0 bridgehead atoms. The van der Waals surface area contributed by atoms with E-state index in [-0.39, 0.29) is 5.75 Å². The first kappa shape index (κ1) is 14.0. The van der Waals surface area contributed by atoms with Crippen LogP contribution in [-0.2, 0) is 11.3 Å². The molecular weight excluding hydrogens is 256 g/mol. The lowest BCUT2D eigenvalue weighted by Crippen LogP contribution is -2.35. The van der Waals surface area contributed by atoms with Gasteiger partial charge in [0.15, 0.2) is 11.5 Å². The van der Waals surface area contributed by atoms with E-state index in [1.807, 2.05) is 0 Å². The molecule has 1 aliphatic heterocycles. The van der Waals surface area contributed by atoms with Gasteiger partial charge in [-0.15, -0.1) is 0 Å². The fraction of sp³-hybridized carbons (Fsp3) is 0.538. The summed E-state index contributed by atoms with van der Waals surface area (Å²) in [4.78, 5) is 2.24. The molecule has 0 aliphatic carbocycles. The molecule has 0 spiro atoms. The second-order valence-corrected chi connectivity index (χ2v) is 4.25. The summed E-state index contributed by atoms with van der Waals surface area (Å²) in [5, 5.41) is 0. The number of benzene rings is 1. The van der Waals surface area contributed by atoms with Crippen LogP contribution in [0.15, 0.2) is 18.2 Å².